The highest BCUT2D eigenvalue weighted by Gasteiger charge is 2.23. The lowest BCUT2D eigenvalue weighted by atomic mass is 9.76. The van der Waals surface area contributed by atoms with Crippen LogP contribution in [0.1, 0.15) is 36.3 Å². The summed E-state index contributed by atoms with van der Waals surface area (Å²) >= 11 is 0. The molecule has 0 heterocycles. The fourth-order valence-corrected chi connectivity index (χ4v) is 3.12. The van der Waals surface area contributed by atoms with Gasteiger partial charge < -0.3 is 0 Å². The lowest BCUT2D eigenvalue weighted by molar-refractivity contribution is 0.489. The van der Waals surface area contributed by atoms with Gasteiger partial charge in [0.25, 0.3) is 0 Å². The molecule has 2 aromatic carbocycles. The van der Waals surface area contributed by atoms with Crippen molar-refractivity contribution >= 4 is 0 Å². The molecule has 0 radical (unpaired) electrons. The molecule has 0 N–H and O–H groups in total. The molecule has 1 aliphatic carbocycles. The number of rotatable bonds is 3. The monoisotopic (exact) mass is 248 g/mol. The van der Waals surface area contributed by atoms with Crippen molar-refractivity contribution in [3.8, 4) is 0 Å². The Morgan fingerprint density at radius 2 is 1.37 bits per heavy atom. The summed E-state index contributed by atoms with van der Waals surface area (Å²) in [4.78, 5) is 0. The summed E-state index contributed by atoms with van der Waals surface area (Å²) in [5, 5.41) is 0. The molecule has 0 heteroatoms. The first-order valence-corrected chi connectivity index (χ1v) is 7.22. The van der Waals surface area contributed by atoms with Gasteiger partial charge in [0.1, 0.15) is 0 Å². The SMILES string of the molecule is C1=CC(C(c2ccccc2)c2ccccc2)CCC1. The Morgan fingerprint density at radius 3 is 1.84 bits per heavy atom. The second kappa shape index (κ2) is 5.88. The van der Waals surface area contributed by atoms with Gasteiger partial charge in [0.2, 0.25) is 0 Å². The van der Waals surface area contributed by atoms with Crippen LogP contribution in [-0.2, 0) is 0 Å². The van der Waals surface area contributed by atoms with Crippen LogP contribution in [0.4, 0.5) is 0 Å². The standard InChI is InChI=1S/C19H20/c1-4-10-16(11-5-1)19(17-12-6-2-7-13-17)18-14-8-3-9-15-18/h1-2,4-8,10-14,18-19H,3,9,15H2. The molecule has 0 nitrogen and oxygen atoms in total. The zero-order valence-electron chi connectivity index (χ0n) is 11.2. The van der Waals surface area contributed by atoms with Gasteiger partial charge in [0.05, 0.1) is 0 Å². The molecule has 0 saturated heterocycles. The number of hydrogen-bond acceptors (Lipinski definition) is 0. The molecule has 0 aromatic heterocycles. The van der Waals surface area contributed by atoms with Gasteiger partial charge in [-0.2, -0.15) is 0 Å². The lowest BCUT2D eigenvalue weighted by Crippen LogP contribution is -2.14. The molecule has 0 saturated carbocycles. The minimum atomic E-state index is 0.499. The number of hydrogen-bond donors (Lipinski definition) is 0. The van der Waals surface area contributed by atoms with Gasteiger partial charge in [0, 0.05) is 5.92 Å². The van der Waals surface area contributed by atoms with Crippen LogP contribution in [0.15, 0.2) is 72.8 Å². The van der Waals surface area contributed by atoms with Gasteiger partial charge in [-0.25, -0.2) is 0 Å². The van der Waals surface area contributed by atoms with Crippen molar-refractivity contribution in [1.29, 1.82) is 0 Å². The van der Waals surface area contributed by atoms with Crippen molar-refractivity contribution < 1.29 is 0 Å². The van der Waals surface area contributed by atoms with E-state index in [1.54, 1.807) is 0 Å². The minimum Gasteiger partial charge on any atom is -0.0882 e. The third kappa shape index (κ3) is 2.78. The molecular weight excluding hydrogens is 228 g/mol. The maximum atomic E-state index is 2.42. The summed E-state index contributed by atoms with van der Waals surface area (Å²) < 4.78 is 0. The van der Waals surface area contributed by atoms with Crippen LogP contribution in [-0.4, -0.2) is 0 Å². The van der Waals surface area contributed by atoms with Crippen LogP contribution >= 0.6 is 0 Å². The van der Waals surface area contributed by atoms with Gasteiger partial charge in [-0.1, -0.05) is 72.8 Å². The van der Waals surface area contributed by atoms with E-state index in [-0.39, 0.29) is 0 Å². The zero-order valence-corrected chi connectivity index (χ0v) is 11.2. The summed E-state index contributed by atoms with van der Waals surface area (Å²) in [7, 11) is 0. The average Bonchev–Trinajstić information content (AvgIpc) is 2.51. The topological polar surface area (TPSA) is 0 Å². The predicted octanol–water partition coefficient (Wildman–Crippen LogP) is 5.17. The van der Waals surface area contributed by atoms with E-state index >= 15 is 0 Å². The summed E-state index contributed by atoms with van der Waals surface area (Å²) in [6.45, 7) is 0. The lowest BCUT2D eigenvalue weighted by Gasteiger charge is -2.28. The fraction of sp³-hybridized carbons (Fsp3) is 0.263. The Bertz CT molecular complexity index is 485. The maximum Gasteiger partial charge on any atom is 0.0152 e. The number of allylic oxidation sites excluding steroid dienone is 2. The molecule has 2 aromatic rings. The van der Waals surface area contributed by atoms with Crippen LogP contribution < -0.4 is 0 Å². The molecule has 0 aliphatic heterocycles. The quantitative estimate of drug-likeness (QED) is 0.657. The Hall–Kier alpha value is -1.82. The normalized spacial score (nSPS) is 18.7. The van der Waals surface area contributed by atoms with E-state index in [9.17, 15) is 0 Å². The van der Waals surface area contributed by atoms with Crippen molar-refractivity contribution in [1.82, 2.24) is 0 Å². The van der Waals surface area contributed by atoms with E-state index in [1.165, 1.54) is 30.4 Å². The van der Waals surface area contributed by atoms with Gasteiger partial charge >= 0.3 is 0 Å². The summed E-state index contributed by atoms with van der Waals surface area (Å²) in [5.74, 6) is 1.14. The van der Waals surface area contributed by atoms with Gasteiger partial charge in [0.15, 0.2) is 0 Å². The molecule has 0 spiro atoms. The molecule has 1 unspecified atom stereocenters. The summed E-state index contributed by atoms with van der Waals surface area (Å²) in [5.41, 5.74) is 2.87. The van der Waals surface area contributed by atoms with Crippen molar-refractivity contribution in [2.75, 3.05) is 0 Å². The van der Waals surface area contributed by atoms with Crippen LogP contribution in [0.5, 0.6) is 0 Å². The van der Waals surface area contributed by atoms with Crippen molar-refractivity contribution in [3.05, 3.63) is 83.9 Å². The second-order valence-electron chi connectivity index (χ2n) is 5.32. The summed E-state index contributed by atoms with van der Waals surface area (Å²) in [6.07, 6.45) is 8.64. The minimum absolute atomic E-state index is 0.499. The van der Waals surface area contributed by atoms with Crippen LogP contribution in [0.2, 0.25) is 0 Å². The van der Waals surface area contributed by atoms with Crippen molar-refractivity contribution in [2.24, 2.45) is 5.92 Å². The average molecular weight is 248 g/mol. The third-order valence-corrected chi connectivity index (χ3v) is 4.04. The first-order valence-electron chi connectivity index (χ1n) is 7.22. The van der Waals surface area contributed by atoms with E-state index in [4.69, 9.17) is 0 Å². The fourth-order valence-electron chi connectivity index (χ4n) is 3.12. The molecule has 96 valence electrons. The Kier molecular flexibility index (Phi) is 3.78. The van der Waals surface area contributed by atoms with E-state index in [0.29, 0.717) is 11.8 Å². The van der Waals surface area contributed by atoms with Crippen LogP contribution in [0, 0.1) is 5.92 Å². The van der Waals surface area contributed by atoms with Gasteiger partial charge in [-0.15, -0.1) is 0 Å². The second-order valence-corrected chi connectivity index (χ2v) is 5.32. The highest BCUT2D eigenvalue weighted by atomic mass is 14.3. The van der Waals surface area contributed by atoms with Crippen LogP contribution in [0.3, 0.4) is 0 Å². The van der Waals surface area contributed by atoms with Gasteiger partial charge in [-0.05, 0) is 36.3 Å². The van der Waals surface area contributed by atoms with Gasteiger partial charge in [-0.3, -0.25) is 0 Å². The van der Waals surface area contributed by atoms with E-state index in [1.807, 2.05) is 0 Å². The Balaban J connectivity index is 2.01. The molecule has 3 rings (SSSR count). The summed E-state index contributed by atoms with van der Waals surface area (Å²) in [6, 6.07) is 21.9. The van der Waals surface area contributed by atoms with E-state index in [0.717, 1.165) is 0 Å². The van der Waals surface area contributed by atoms with Crippen molar-refractivity contribution in [2.45, 2.75) is 25.2 Å². The Morgan fingerprint density at radius 1 is 0.789 bits per heavy atom. The molecular formula is C19H20. The molecule has 1 atom stereocenters. The molecule has 0 fully saturated rings. The largest absolute Gasteiger partial charge is 0.0882 e. The first kappa shape index (κ1) is 12.2. The van der Waals surface area contributed by atoms with E-state index < -0.39 is 0 Å². The predicted molar refractivity (Wildman–Crippen MR) is 81.2 cm³/mol. The Labute approximate surface area is 115 Å². The highest BCUT2D eigenvalue weighted by Crippen LogP contribution is 2.37. The molecule has 0 bridgehead atoms. The van der Waals surface area contributed by atoms with E-state index in [2.05, 4.69) is 72.8 Å². The van der Waals surface area contributed by atoms with Crippen LogP contribution in [0.25, 0.3) is 0 Å². The smallest absolute Gasteiger partial charge is 0.0152 e. The number of benzene rings is 2. The zero-order chi connectivity index (χ0) is 12.9. The van der Waals surface area contributed by atoms with Crippen molar-refractivity contribution in [3.63, 3.8) is 0 Å². The maximum absolute atomic E-state index is 2.42. The third-order valence-electron chi connectivity index (χ3n) is 4.04. The molecule has 1 aliphatic rings. The first-order chi connectivity index (χ1) is 9.45. The highest BCUT2D eigenvalue weighted by molar-refractivity contribution is 5.34. The molecule has 0 amide bonds. The molecule has 19 heavy (non-hydrogen) atoms.